The molecule has 0 fully saturated rings. The molecule has 9 heteroatoms. The lowest BCUT2D eigenvalue weighted by molar-refractivity contribution is -0.147. The van der Waals surface area contributed by atoms with Gasteiger partial charge in [-0.15, -0.1) is 13.2 Å². The molecule has 0 saturated carbocycles. The summed E-state index contributed by atoms with van der Waals surface area (Å²) in [6.07, 6.45) is 5.79. The van der Waals surface area contributed by atoms with Crippen molar-refractivity contribution in [1.82, 2.24) is 5.32 Å². The normalized spacial score (nSPS) is 13.0. The highest BCUT2D eigenvalue weighted by Crippen LogP contribution is 2.20. The summed E-state index contributed by atoms with van der Waals surface area (Å²) in [6, 6.07) is 6.58. The number of esters is 1. The van der Waals surface area contributed by atoms with Gasteiger partial charge in [-0.3, -0.25) is 19.8 Å². The first-order chi connectivity index (χ1) is 17.2. The fourth-order valence-electron chi connectivity index (χ4n) is 3.61. The van der Waals surface area contributed by atoms with Gasteiger partial charge >= 0.3 is 13.5 Å². The van der Waals surface area contributed by atoms with E-state index >= 15 is 0 Å². The van der Waals surface area contributed by atoms with E-state index in [1.54, 1.807) is 12.2 Å². The molecule has 0 unspecified atom stereocenters. The van der Waals surface area contributed by atoms with Crippen molar-refractivity contribution in [3.05, 3.63) is 55.1 Å². The second kappa shape index (κ2) is 17.1. The molecule has 195 valence electrons. The quantitative estimate of drug-likeness (QED) is 0.0744. The third-order valence-corrected chi connectivity index (χ3v) is 5.46. The number of methoxy groups -OCH3 is 1. The molecule has 3 atom stereocenters. The summed E-state index contributed by atoms with van der Waals surface area (Å²) in [5.41, 5.74) is 0.861. The average Bonchev–Trinajstić information content (AvgIpc) is 2.86. The molecule has 8 nitrogen and oxygen atoms in total. The summed E-state index contributed by atoms with van der Waals surface area (Å²) < 4.78 is 15.4. The molecule has 0 aromatic heterocycles. The van der Waals surface area contributed by atoms with Gasteiger partial charge in [0, 0.05) is 6.42 Å². The van der Waals surface area contributed by atoms with Gasteiger partial charge in [-0.2, -0.15) is 0 Å². The van der Waals surface area contributed by atoms with E-state index in [1.807, 2.05) is 38.1 Å². The molecule has 0 aliphatic carbocycles. The Balaban J connectivity index is 2.96. The molecule has 36 heavy (non-hydrogen) atoms. The van der Waals surface area contributed by atoms with Gasteiger partial charge in [-0.05, 0) is 49.3 Å². The Bertz CT molecular complexity index is 872. The number of allylic oxidation sites excluding steroid dienone is 1. The fourth-order valence-corrected chi connectivity index (χ4v) is 3.61. The standard InChI is InChI=1S/C27H38BN2O6/c1-6-8-14-35-22-12-10-20(11-13-22)16-23(28-36-18-29)26(32)30-24(15-19(3)4)25(31)17-21(9-7-2)27(33)34-5/h6-7,10-13,18-19,21,23-24,29H,1-2,8-9,14-17H2,3-5H3,(H,30,32)/t21-,23+,24+/m1/s1. The van der Waals surface area contributed by atoms with Crippen molar-refractivity contribution >= 4 is 31.5 Å². The summed E-state index contributed by atoms with van der Waals surface area (Å²) in [4.78, 5) is 38.4. The Labute approximate surface area is 215 Å². The number of rotatable bonds is 19. The topological polar surface area (TPSA) is 115 Å². The minimum Gasteiger partial charge on any atom is -0.555 e. The van der Waals surface area contributed by atoms with Crippen LogP contribution in [0.1, 0.15) is 45.1 Å². The van der Waals surface area contributed by atoms with E-state index in [9.17, 15) is 14.4 Å². The summed E-state index contributed by atoms with van der Waals surface area (Å²) in [7, 11) is 2.56. The maximum atomic E-state index is 13.2. The Morgan fingerprint density at radius 2 is 1.83 bits per heavy atom. The molecule has 0 saturated heterocycles. The van der Waals surface area contributed by atoms with E-state index in [0.29, 0.717) is 31.6 Å². The van der Waals surface area contributed by atoms with Crippen LogP contribution in [0.4, 0.5) is 0 Å². The molecule has 1 aromatic rings. The lowest BCUT2D eigenvalue weighted by Gasteiger charge is -2.24. The lowest BCUT2D eigenvalue weighted by Crippen LogP contribution is -2.45. The van der Waals surface area contributed by atoms with Crippen molar-refractivity contribution in [1.29, 1.82) is 5.41 Å². The maximum Gasteiger partial charge on any atom is 0.384 e. The number of ether oxygens (including phenoxy) is 2. The van der Waals surface area contributed by atoms with E-state index in [0.717, 1.165) is 18.4 Å². The first kappa shape index (κ1) is 30.7. The minimum absolute atomic E-state index is 0.0605. The predicted molar refractivity (Wildman–Crippen MR) is 141 cm³/mol. The molecule has 1 amide bonds. The van der Waals surface area contributed by atoms with Crippen LogP contribution in [0.15, 0.2) is 49.6 Å². The summed E-state index contributed by atoms with van der Waals surface area (Å²) in [5.74, 6) is -1.69. The fraction of sp³-hybridized carbons (Fsp3) is 0.481. The number of nitrogens with one attached hydrogen (secondary N) is 2. The van der Waals surface area contributed by atoms with Crippen LogP contribution < -0.4 is 10.1 Å². The lowest BCUT2D eigenvalue weighted by atomic mass is 9.75. The first-order valence-corrected chi connectivity index (χ1v) is 12.1. The number of carbonyl (C=O) groups is 3. The van der Waals surface area contributed by atoms with Gasteiger partial charge in [-0.1, -0.05) is 38.1 Å². The highest BCUT2D eigenvalue weighted by molar-refractivity contribution is 6.39. The molecule has 2 N–H and O–H groups in total. The SMILES string of the molecule is C=CCCOc1ccc(C[C@H]([B]OC=N)C(=O)N[C@@H](CC(C)C)C(=O)C[C@@H](CC=C)C(=O)OC)cc1. The van der Waals surface area contributed by atoms with Gasteiger partial charge in [0.05, 0.1) is 31.5 Å². The molecule has 0 bridgehead atoms. The molecular weight excluding hydrogens is 459 g/mol. The number of ketones is 1. The molecule has 0 heterocycles. The van der Waals surface area contributed by atoms with Gasteiger partial charge < -0.3 is 19.4 Å². The third-order valence-electron chi connectivity index (χ3n) is 5.46. The van der Waals surface area contributed by atoms with Crippen molar-refractivity contribution in [2.45, 2.75) is 57.8 Å². The Morgan fingerprint density at radius 1 is 1.14 bits per heavy atom. The molecular formula is C27H38BN2O6. The van der Waals surface area contributed by atoms with Gasteiger partial charge in [0.2, 0.25) is 5.91 Å². The van der Waals surface area contributed by atoms with Crippen LogP contribution in [-0.4, -0.2) is 51.3 Å². The van der Waals surface area contributed by atoms with Crippen molar-refractivity contribution in [2.75, 3.05) is 13.7 Å². The zero-order chi connectivity index (χ0) is 26.9. The van der Waals surface area contributed by atoms with Crippen molar-refractivity contribution in [3.63, 3.8) is 0 Å². The number of amides is 1. The first-order valence-electron chi connectivity index (χ1n) is 12.1. The molecule has 1 rings (SSSR count). The van der Waals surface area contributed by atoms with Crippen molar-refractivity contribution < 1.29 is 28.5 Å². The summed E-state index contributed by atoms with van der Waals surface area (Å²) in [6.45, 7) is 11.7. The van der Waals surface area contributed by atoms with Gasteiger partial charge in [0.1, 0.15) is 12.2 Å². The van der Waals surface area contributed by atoms with E-state index in [1.165, 1.54) is 14.6 Å². The maximum absolute atomic E-state index is 13.2. The van der Waals surface area contributed by atoms with Crippen molar-refractivity contribution in [2.24, 2.45) is 11.8 Å². The molecule has 0 aliphatic rings. The third kappa shape index (κ3) is 11.4. The minimum atomic E-state index is -0.772. The number of hydrogen-bond acceptors (Lipinski definition) is 7. The highest BCUT2D eigenvalue weighted by atomic mass is 16.5. The number of hydrogen-bond donors (Lipinski definition) is 2. The van der Waals surface area contributed by atoms with Crippen LogP contribution in [0.2, 0.25) is 5.82 Å². The summed E-state index contributed by atoms with van der Waals surface area (Å²) in [5, 5.41) is 10.0. The molecule has 1 radical (unpaired) electrons. The van der Waals surface area contributed by atoms with E-state index in [4.69, 9.17) is 19.5 Å². The van der Waals surface area contributed by atoms with Crippen LogP contribution in [0.3, 0.4) is 0 Å². The van der Waals surface area contributed by atoms with Gasteiger partial charge in [0.15, 0.2) is 5.78 Å². The Hall–Kier alpha value is -3.36. The largest absolute Gasteiger partial charge is 0.555 e. The smallest absolute Gasteiger partial charge is 0.384 e. The van der Waals surface area contributed by atoms with Crippen LogP contribution in [0.5, 0.6) is 5.75 Å². The van der Waals surface area contributed by atoms with Gasteiger partial charge in [-0.25, -0.2) is 0 Å². The van der Waals surface area contributed by atoms with E-state index in [-0.39, 0.29) is 18.1 Å². The second-order valence-electron chi connectivity index (χ2n) is 8.88. The second-order valence-corrected chi connectivity index (χ2v) is 8.88. The zero-order valence-electron chi connectivity index (χ0n) is 21.5. The van der Waals surface area contributed by atoms with Crippen LogP contribution in [-0.2, 0) is 30.2 Å². The van der Waals surface area contributed by atoms with Crippen LogP contribution in [0.25, 0.3) is 0 Å². The van der Waals surface area contributed by atoms with Gasteiger partial charge in [0.25, 0.3) is 0 Å². The molecule has 1 aromatic carbocycles. The van der Waals surface area contributed by atoms with Crippen molar-refractivity contribution in [3.8, 4) is 5.75 Å². The molecule has 0 spiro atoms. The Kier molecular flexibility index (Phi) is 14.6. The van der Waals surface area contributed by atoms with Crippen LogP contribution in [0, 0.1) is 17.2 Å². The Morgan fingerprint density at radius 3 is 2.39 bits per heavy atom. The van der Waals surface area contributed by atoms with E-state index in [2.05, 4.69) is 18.5 Å². The monoisotopic (exact) mass is 497 g/mol. The number of Topliss-reactive ketones (excluding diaryl/α,β-unsaturated/α-hetero) is 1. The average molecular weight is 497 g/mol. The van der Waals surface area contributed by atoms with Crippen LogP contribution >= 0.6 is 0 Å². The number of carbonyl (C=O) groups excluding carboxylic acids is 3. The predicted octanol–water partition coefficient (Wildman–Crippen LogP) is 4.07. The molecule has 0 aliphatic heterocycles. The summed E-state index contributed by atoms with van der Waals surface area (Å²) >= 11 is 0. The number of benzene rings is 1. The highest BCUT2D eigenvalue weighted by Gasteiger charge is 2.31. The van der Waals surface area contributed by atoms with E-state index < -0.39 is 29.7 Å². The zero-order valence-corrected chi connectivity index (χ0v) is 21.5.